The highest BCUT2D eigenvalue weighted by Crippen LogP contribution is 2.16. The number of rotatable bonds is 2. The van der Waals surface area contributed by atoms with Crippen molar-refractivity contribution < 1.29 is 8.42 Å². The highest BCUT2D eigenvalue weighted by Gasteiger charge is 2.25. The predicted molar refractivity (Wildman–Crippen MR) is 74.9 cm³/mol. The molecular weight excluding hydrogens is 262 g/mol. The van der Waals surface area contributed by atoms with Crippen molar-refractivity contribution in [3.8, 4) is 0 Å². The molecule has 1 aromatic carbocycles. The molecule has 2 heterocycles. The molecule has 1 atom stereocenters. The molecule has 0 bridgehead atoms. The highest BCUT2D eigenvalue weighted by molar-refractivity contribution is 7.91. The van der Waals surface area contributed by atoms with Gasteiger partial charge in [0.1, 0.15) is 5.82 Å². The second kappa shape index (κ2) is 4.61. The Morgan fingerprint density at radius 3 is 2.95 bits per heavy atom. The Morgan fingerprint density at radius 2 is 2.21 bits per heavy atom. The van der Waals surface area contributed by atoms with Crippen molar-refractivity contribution in [2.45, 2.75) is 12.5 Å². The monoisotopic (exact) mass is 279 g/mol. The predicted octanol–water partition coefficient (Wildman–Crippen LogP) is 0.502. The molecule has 0 amide bonds. The molecule has 2 aromatic rings. The van der Waals surface area contributed by atoms with E-state index in [-0.39, 0.29) is 17.5 Å². The maximum absolute atomic E-state index is 11.6. The summed E-state index contributed by atoms with van der Waals surface area (Å²) < 4.78 is 25.3. The smallest absolute Gasteiger partial charge is 0.153 e. The van der Waals surface area contributed by atoms with Crippen LogP contribution in [0.25, 0.3) is 11.0 Å². The zero-order valence-electron chi connectivity index (χ0n) is 10.8. The number of hydrogen-bond acceptors (Lipinski definition) is 4. The largest absolute Gasteiger partial charge is 0.331 e. The van der Waals surface area contributed by atoms with Crippen LogP contribution in [0.1, 0.15) is 5.82 Å². The van der Waals surface area contributed by atoms with Crippen molar-refractivity contribution in [1.29, 1.82) is 0 Å². The second-order valence-electron chi connectivity index (χ2n) is 5.05. The zero-order valence-corrected chi connectivity index (χ0v) is 11.7. The summed E-state index contributed by atoms with van der Waals surface area (Å²) in [6.07, 6.45) is 0.643. The van der Waals surface area contributed by atoms with Crippen LogP contribution in [0.4, 0.5) is 0 Å². The van der Waals surface area contributed by atoms with E-state index < -0.39 is 9.84 Å². The lowest BCUT2D eigenvalue weighted by molar-refractivity contribution is 0.505. The van der Waals surface area contributed by atoms with E-state index in [1.54, 1.807) is 0 Å². The number of aromatic nitrogens is 2. The van der Waals surface area contributed by atoms with Crippen molar-refractivity contribution in [2.75, 3.05) is 18.1 Å². The Labute approximate surface area is 112 Å². The fraction of sp³-hybridized carbons (Fsp3) is 0.462. The summed E-state index contributed by atoms with van der Waals surface area (Å²) in [6, 6.07) is 7.91. The van der Waals surface area contributed by atoms with Gasteiger partial charge in [-0.05, 0) is 12.1 Å². The van der Waals surface area contributed by atoms with Gasteiger partial charge in [0.05, 0.1) is 22.5 Å². The van der Waals surface area contributed by atoms with Gasteiger partial charge in [0.25, 0.3) is 0 Å². The molecule has 0 spiro atoms. The van der Waals surface area contributed by atoms with Crippen LogP contribution in [0, 0.1) is 0 Å². The van der Waals surface area contributed by atoms with E-state index in [1.165, 1.54) is 0 Å². The fourth-order valence-corrected chi connectivity index (χ4v) is 4.04. The van der Waals surface area contributed by atoms with E-state index in [1.807, 2.05) is 35.9 Å². The molecule has 0 saturated carbocycles. The van der Waals surface area contributed by atoms with E-state index in [2.05, 4.69) is 10.3 Å². The summed E-state index contributed by atoms with van der Waals surface area (Å²) in [5.41, 5.74) is 2.04. The molecule has 1 N–H and O–H groups in total. The normalized spacial score (nSPS) is 22.7. The summed E-state index contributed by atoms with van der Waals surface area (Å²) in [4.78, 5) is 4.58. The first-order chi connectivity index (χ1) is 9.05. The van der Waals surface area contributed by atoms with Crippen LogP contribution in [0.15, 0.2) is 24.3 Å². The molecule has 1 saturated heterocycles. The molecule has 5 nitrogen and oxygen atoms in total. The third-order valence-electron chi connectivity index (χ3n) is 3.61. The first kappa shape index (κ1) is 12.6. The number of fused-ring (bicyclic) bond motifs is 1. The molecule has 3 rings (SSSR count). The maximum atomic E-state index is 11.6. The first-order valence-electron chi connectivity index (χ1n) is 6.39. The summed E-state index contributed by atoms with van der Waals surface area (Å²) in [5, 5.41) is 3.26. The lowest BCUT2D eigenvalue weighted by atomic mass is 10.2. The van der Waals surface area contributed by atoms with E-state index in [4.69, 9.17) is 0 Å². The Kier molecular flexibility index (Phi) is 3.06. The molecule has 6 heteroatoms. The molecule has 1 aliphatic rings. The van der Waals surface area contributed by atoms with Gasteiger partial charge in [-0.1, -0.05) is 12.1 Å². The van der Waals surface area contributed by atoms with Gasteiger partial charge >= 0.3 is 0 Å². The number of aryl methyl sites for hydroxylation is 1. The molecule has 1 aromatic heterocycles. The zero-order chi connectivity index (χ0) is 13.5. The SMILES string of the molecule is Cn1c(CC2CS(=O)(=O)CCN2)nc2ccccc21. The average molecular weight is 279 g/mol. The van der Waals surface area contributed by atoms with Gasteiger partial charge in [-0.25, -0.2) is 13.4 Å². The number of imidazole rings is 1. The van der Waals surface area contributed by atoms with Crippen LogP contribution in [0.2, 0.25) is 0 Å². The molecule has 0 radical (unpaired) electrons. The van der Waals surface area contributed by atoms with Crippen LogP contribution in [0.3, 0.4) is 0 Å². The molecule has 102 valence electrons. The second-order valence-corrected chi connectivity index (χ2v) is 7.27. The minimum Gasteiger partial charge on any atom is -0.331 e. The number of sulfone groups is 1. The minimum atomic E-state index is -2.89. The molecule has 1 unspecified atom stereocenters. The maximum Gasteiger partial charge on any atom is 0.153 e. The Balaban J connectivity index is 1.87. The van der Waals surface area contributed by atoms with Crippen molar-refractivity contribution in [3.05, 3.63) is 30.1 Å². The van der Waals surface area contributed by atoms with Gasteiger partial charge in [-0.15, -0.1) is 0 Å². The molecular formula is C13H17N3O2S. The van der Waals surface area contributed by atoms with Gasteiger partial charge in [0.2, 0.25) is 0 Å². The van der Waals surface area contributed by atoms with E-state index in [0.717, 1.165) is 16.9 Å². The van der Waals surface area contributed by atoms with Gasteiger partial charge in [-0.2, -0.15) is 0 Å². The first-order valence-corrected chi connectivity index (χ1v) is 8.21. The Hall–Kier alpha value is -1.40. The van der Waals surface area contributed by atoms with Crippen LogP contribution in [-0.4, -0.2) is 42.1 Å². The average Bonchev–Trinajstić information content (AvgIpc) is 2.66. The lowest BCUT2D eigenvalue weighted by Gasteiger charge is -2.23. The summed E-state index contributed by atoms with van der Waals surface area (Å²) in [7, 11) is -0.920. The topological polar surface area (TPSA) is 64.0 Å². The van der Waals surface area contributed by atoms with Crippen LogP contribution < -0.4 is 5.32 Å². The highest BCUT2D eigenvalue weighted by atomic mass is 32.2. The van der Waals surface area contributed by atoms with Crippen molar-refractivity contribution in [3.63, 3.8) is 0 Å². The van der Waals surface area contributed by atoms with Crippen molar-refractivity contribution in [1.82, 2.24) is 14.9 Å². The standard InChI is InChI=1S/C13H17N3O2S/c1-16-12-5-3-2-4-11(12)15-13(16)8-10-9-19(17,18)7-6-14-10/h2-5,10,14H,6-9H2,1H3. The number of nitrogens with zero attached hydrogens (tertiary/aromatic N) is 2. The molecule has 1 fully saturated rings. The summed E-state index contributed by atoms with van der Waals surface area (Å²) in [6.45, 7) is 0.539. The summed E-state index contributed by atoms with van der Waals surface area (Å²) >= 11 is 0. The number of para-hydroxylation sites is 2. The van der Waals surface area contributed by atoms with Crippen LogP contribution in [-0.2, 0) is 23.3 Å². The number of benzene rings is 1. The third-order valence-corrected chi connectivity index (χ3v) is 5.35. The summed E-state index contributed by atoms with van der Waals surface area (Å²) in [5.74, 6) is 1.37. The van der Waals surface area contributed by atoms with E-state index in [0.29, 0.717) is 13.0 Å². The van der Waals surface area contributed by atoms with Gasteiger partial charge in [0.15, 0.2) is 9.84 Å². The van der Waals surface area contributed by atoms with Gasteiger partial charge in [0, 0.05) is 26.1 Å². The van der Waals surface area contributed by atoms with Crippen LogP contribution >= 0.6 is 0 Å². The van der Waals surface area contributed by atoms with Gasteiger partial charge in [-0.3, -0.25) is 0 Å². The van der Waals surface area contributed by atoms with Crippen LogP contribution in [0.5, 0.6) is 0 Å². The van der Waals surface area contributed by atoms with Crippen molar-refractivity contribution in [2.24, 2.45) is 7.05 Å². The molecule has 1 aliphatic heterocycles. The van der Waals surface area contributed by atoms with E-state index >= 15 is 0 Å². The Morgan fingerprint density at radius 1 is 1.42 bits per heavy atom. The quantitative estimate of drug-likeness (QED) is 0.869. The molecule has 19 heavy (non-hydrogen) atoms. The molecule has 0 aliphatic carbocycles. The number of nitrogens with one attached hydrogen (secondary N) is 1. The van der Waals surface area contributed by atoms with E-state index in [9.17, 15) is 8.42 Å². The Bertz CT molecular complexity index is 706. The third kappa shape index (κ3) is 2.50. The minimum absolute atomic E-state index is 0.0331. The number of hydrogen-bond donors (Lipinski definition) is 1. The fourth-order valence-electron chi connectivity index (χ4n) is 2.60. The van der Waals surface area contributed by atoms with Crippen molar-refractivity contribution >= 4 is 20.9 Å². The lowest BCUT2D eigenvalue weighted by Crippen LogP contribution is -2.46. The van der Waals surface area contributed by atoms with Gasteiger partial charge < -0.3 is 9.88 Å².